The molecular weight excluding hydrogens is 1060 g/mol. The van der Waals surface area contributed by atoms with Gasteiger partial charge in [-0.3, -0.25) is 0 Å². The predicted molar refractivity (Wildman–Crippen MR) is 293 cm³/mol. The van der Waals surface area contributed by atoms with Crippen molar-refractivity contribution in [3.05, 3.63) is 0 Å². The molecule has 0 aliphatic carbocycles. The highest BCUT2D eigenvalue weighted by Gasteiger charge is 2.55. The Balaban J connectivity index is -0.000000947. The standard InChI is InChI=1S/C14H32Cl2O5Si2.C14H34ClNO5Si2.C14H36N2O5Si2/c3*1-5-17-22(18-6-2,13-9-11-15)21-23(19-7-3,20-8-4)14-10-12-16/h5-14H2,1-4H3;5-14,16H2,1-4H3;5-16H2,1-4H3. The molecule has 0 fully saturated rings. The molecule has 0 aromatic heterocycles. The van der Waals surface area contributed by atoms with Gasteiger partial charge in [-0.1, -0.05) is 0 Å². The molecule has 0 unspecified atom stereocenters. The van der Waals surface area contributed by atoms with Crippen LogP contribution in [0, 0.1) is 0 Å². The van der Waals surface area contributed by atoms with E-state index in [1.54, 1.807) is 0 Å². The Morgan fingerprint density at radius 2 is 0.377 bits per heavy atom. The molecular formula is C42H102Cl3N3O15Si6. The van der Waals surface area contributed by atoms with Gasteiger partial charge in [0.1, 0.15) is 0 Å². The normalized spacial score (nSPS) is 12.8. The van der Waals surface area contributed by atoms with Gasteiger partial charge in [0.05, 0.1) is 0 Å². The molecule has 0 saturated carbocycles. The van der Waals surface area contributed by atoms with E-state index >= 15 is 0 Å². The molecule has 420 valence electrons. The van der Waals surface area contributed by atoms with Gasteiger partial charge < -0.3 is 82.7 Å². The van der Waals surface area contributed by atoms with E-state index < -0.39 is 52.8 Å². The summed E-state index contributed by atoms with van der Waals surface area (Å²) in [7, 11) is -17.3. The second kappa shape index (κ2) is 47.9. The SMILES string of the molecule is CCO[Si](CCCCl)(OCC)O[Si](CCCCl)(OCC)OCC.CCO[Si](CCCN)(OCC)O[Si](CCCCl)(OCC)OCC.CCO[Si](CCCN)(OCC)O[Si](CCCN)(OCC)OCC. The Labute approximate surface area is 442 Å². The second-order valence-corrected chi connectivity index (χ2v) is 32.9. The molecule has 6 N–H and O–H groups in total. The van der Waals surface area contributed by atoms with E-state index in [2.05, 4.69) is 0 Å². The molecule has 0 aromatic rings. The summed E-state index contributed by atoms with van der Waals surface area (Å²) in [5.74, 6) is 1.62. The van der Waals surface area contributed by atoms with Crippen molar-refractivity contribution in [3.63, 3.8) is 0 Å². The molecule has 0 aromatic carbocycles. The number of hydrogen-bond acceptors (Lipinski definition) is 18. The lowest BCUT2D eigenvalue weighted by Gasteiger charge is -2.38. The van der Waals surface area contributed by atoms with Gasteiger partial charge in [-0.15, -0.1) is 34.8 Å². The third-order valence-corrected chi connectivity index (χ3v) is 32.0. The third-order valence-electron chi connectivity index (χ3n) is 9.22. The largest absolute Gasteiger partial charge is 0.493 e. The molecule has 0 saturated heterocycles. The van der Waals surface area contributed by atoms with Crippen LogP contribution in [0.5, 0.6) is 0 Å². The number of rotatable bonds is 48. The summed E-state index contributed by atoms with van der Waals surface area (Å²) in [5.41, 5.74) is 17.0. The van der Waals surface area contributed by atoms with Crippen molar-refractivity contribution < 1.29 is 65.5 Å². The van der Waals surface area contributed by atoms with Crippen molar-refractivity contribution in [1.29, 1.82) is 0 Å². The van der Waals surface area contributed by atoms with E-state index in [0.29, 0.717) is 153 Å². The van der Waals surface area contributed by atoms with E-state index in [-0.39, 0.29) is 0 Å². The van der Waals surface area contributed by atoms with Crippen LogP contribution in [0.3, 0.4) is 0 Å². The van der Waals surface area contributed by atoms with Crippen molar-refractivity contribution in [2.24, 2.45) is 17.2 Å². The van der Waals surface area contributed by atoms with Crippen LogP contribution in [-0.2, 0) is 65.5 Å². The molecule has 0 heterocycles. The van der Waals surface area contributed by atoms with Crippen LogP contribution in [0.25, 0.3) is 0 Å². The highest BCUT2D eigenvalue weighted by atomic mass is 35.5. The van der Waals surface area contributed by atoms with Crippen LogP contribution < -0.4 is 17.2 Å². The molecule has 0 rings (SSSR count). The van der Waals surface area contributed by atoms with Crippen molar-refractivity contribution >= 4 is 87.6 Å². The summed E-state index contributed by atoms with van der Waals surface area (Å²) >= 11 is 17.6. The zero-order chi connectivity index (χ0) is 52.8. The molecule has 27 heteroatoms. The monoisotopic (exact) mass is 1160 g/mol. The summed E-state index contributed by atoms with van der Waals surface area (Å²) in [6.45, 7) is 31.3. The quantitative estimate of drug-likeness (QED) is 0.0383. The van der Waals surface area contributed by atoms with Gasteiger partial charge >= 0.3 is 52.8 Å². The van der Waals surface area contributed by atoms with Crippen LogP contribution in [-0.4, -0.2) is 169 Å². The molecule has 0 spiro atoms. The molecule has 0 bridgehead atoms. The molecule has 69 heavy (non-hydrogen) atoms. The van der Waals surface area contributed by atoms with E-state index in [0.717, 1.165) is 38.5 Å². The zero-order valence-corrected chi connectivity index (χ0v) is 53.5. The van der Waals surface area contributed by atoms with Gasteiger partial charge in [0.15, 0.2) is 0 Å². The highest BCUT2D eigenvalue weighted by Crippen LogP contribution is 2.31. The van der Waals surface area contributed by atoms with E-state index in [1.807, 2.05) is 83.1 Å². The Morgan fingerprint density at radius 1 is 0.246 bits per heavy atom. The second-order valence-electron chi connectivity index (χ2n) is 14.7. The Morgan fingerprint density at radius 3 is 0.478 bits per heavy atom. The topological polar surface area (TPSA) is 217 Å². The highest BCUT2D eigenvalue weighted by molar-refractivity contribution is 6.76. The van der Waals surface area contributed by atoms with Gasteiger partial charge in [-0.05, 0) is 141 Å². The Kier molecular flexibility index (Phi) is 51.8. The first-order valence-corrected chi connectivity index (χ1v) is 39.0. The lowest BCUT2D eigenvalue weighted by molar-refractivity contribution is 0.0476. The first kappa shape index (κ1) is 74.7. The summed E-state index contributed by atoms with van der Waals surface area (Å²) in [4.78, 5) is 0. The molecule has 18 nitrogen and oxygen atoms in total. The average molecular weight is 1160 g/mol. The first-order valence-electron chi connectivity index (χ1n) is 25.8. The van der Waals surface area contributed by atoms with E-state index in [9.17, 15) is 0 Å². The molecule has 0 amide bonds. The predicted octanol–water partition coefficient (Wildman–Crippen LogP) is 9.01. The van der Waals surface area contributed by atoms with Crippen LogP contribution in [0.1, 0.15) is 122 Å². The van der Waals surface area contributed by atoms with Crippen LogP contribution >= 0.6 is 34.8 Å². The van der Waals surface area contributed by atoms with Crippen molar-refractivity contribution in [2.45, 2.75) is 158 Å². The van der Waals surface area contributed by atoms with Gasteiger partial charge in [0.25, 0.3) is 0 Å². The fourth-order valence-electron chi connectivity index (χ4n) is 6.93. The summed E-state index contributed by atoms with van der Waals surface area (Å²) in [6.07, 6.45) is 4.66. The van der Waals surface area contributed by atoms with Crippen LogP contribution in [0.4, 0.5) is 0 Å². The van der Waals surface area contributed by atoms with Crippen molar-refractivity contribution in [2.75, 3.05) is 117 Å². The lowest BCUT2D eigenvalue weighted by atomic mass is 10.5. The lowest BCUT2D eigenvalue weighted by Crippen LogP contribution is -2.59. The summed E-state index contributed by atoms with van der Waals surface area (Å²) in [6, 6.07) is 3.99. The van der Waals surface area contributed by atoms with E-state index in [1.165, 1.54) is 0 Å². The maximum atomic E-state index is 6.47. The number of hydrogen-bond donors (Lipinski definition) is 3. The Hall–Kier alpha value is 1.45. The third kappa shape index (κ3) is 33.3. The number of halogens is 3. The van der Waals surface area contributed by atoms with Gasteiger partial charge in [-0.25, -0.2) is 0 Å². The molecule has 0 aliphatic heterocycles. The molecule has 0 atom stereocenters. The smallest absolute Gasteiger partial charge is 0.374 e. The fraction of sp³-hybridized carbons (Fsp3) is 1.00. The van der Waals surface area contributed by atoms with Gasteiger partial charge in [0, 0.05) is 133 Å². The minimum absolute atomic E-state index is 0.521. The summed E-state index contributed by atoms with van der Waals surface area (Å²) in [5, 5.41) is 0. The first-order chi connectivity index (χ1) is 33.2. The summed E-state index contributed by atoms with van der Waals surface area (Å²) < 4.78 is 91.2. The zero-order valence-electron chi connectivity index (χ0n) is 45.2. The number of nitrogens with two attached hydrogens (primary N) is 3. The average Bonchev–Trinajstić information content (AvgIpc) is 3.31. The van der Waals surface area contributed by atoms with Crippen molar-refractivity contribution in [1.82, 2.24) is 0 Å². The fourth-order valence-corrected chi connectivity index (χ4v) is 30.2. The molecule has 0 radical (unpaired) electrons. The molecule has 0 aliphatic rings. The van der Waals surface area contributed by atoms with Crippen LogP contribution in [0.2, 0.25) is 36.3 Å². The minimum Gasteiger partial charge on any atom is -0.374 e. The minimum atomic E-state index is -2.89. The van der Waals surface area contributed by atoms with Crippen molar-refractivity contribution in [3.8, 4) is 0 Å². The van der Waals surface area contributed by atoms with Gasteiger partial charge in [-0.2, -0.15) is 0 Å². The number of alkyl halides is 3. The van der Waals surface area contributed by atoms with Gasteiger partial charge in [0.2, 0.25) is 0 Å². The maximum Gasteiger partial charge on any atom is 0.493 e. The van der Waals surface area contributed by atoms with Crippen LogP contribution in [0.15, 0.2) is 0 Å². The van der Waals surface area contributed by atoms with E-state index in [4.69, 9.17) is 117 Å². The Bertz CT molecular complexity index is 884. The maximum absolute atomic E-state index is 6.47.